The smallest absolute Gasteiger partial charge is 0.214 e. The maximum absolute atomic E-state index is 11.4. The third kappa shape index (κ3) is 2.68. The van der Waals surface area contributed by atoms with Gasteiger partial charge in [-0.2, -0.15) is 0 Å². The third-order valence-electron chi connectivity index (χ3n) is 3.09. The molecule has 78 valence electrons. The Balaban J connectivity index is 2.50. The van der Waals surface area contributed by atoms with Crippen molar-refractivity contribution in [1.82, 2.24) is 4.72 Å². The second kappa shape index (κ2) is 4.42. The summed E-state index contributed by atoms with van der Waals surface area (Å²) in [4.78, 5) is 0. The van der Waals surface area contributed by atoms with Crippen molar-refractivity contribution in [2.45, 2.75) is 44.3 Å². The first kappa shape index (κ1) is 11.0. The van der Waals surface area contributed by atoms with Gasteiger partial charge < -0.3 is 0 Å². The van der Waals surface area contributed by atoms with Gasteiger partial charge in [0.05, 0.1) is 5.25 Å². The van der Waals surface area contributed by atoms with Gasteiger partial charge in [0.2, 0.25) is 10.0 Å². The van der Waals surface area contributed by atoms with E-state index in [0.29, 0.717) is 0 Å². The van der Waals surface area contributed by atoms with Crippen LogP contribution in [0.3, 0.4) is 0 Å². The Morgan fingerprint density at radius 3 is 2.15 bits per heavy atom. The van der Waals surface area contributed by atoms with Gasteiger partial charge in [0.1, 0.15) is 0 Å². The van der Waals surface area contributed by atoms with Crippen LogP contribution in [0.2, 0.25) is 0 Å². The van der Waals surface area contributed by atoms with Crippen LogP contribution < -0.4 is 4.72 Å². The van der Waals surface area contributed by atoms with E-state index in [9.17, 15) is 8.42 Å². The van der Waals surface area contributed by atoms with Gasteiger partial charge in [0.15, 0.2) is 0 Å². The normalized spacial score (nSPS) is 30.3. The molecule has 13 heavy (non-hydrogen) atoms. The zero-order valence-corrected chi connectivity index (χ0v) is 9.23. The molecule has 1 rings (SSSR count). The fourth-order valence-electron chi connectivity index (χ4n) is 2.02. The van der Waals surface area contributed by atoms with E-state index in [1.807, 2.05) is 0 Å². The van der Waals surface area contributed by atoms with E-state index in [0.717, 1.165) is 31.6 Å². The maximum Gasteiger partial charge on any atom is 0.214 e. The molecule has 4 heteroatoms. The van der Waals surface area contributed by atoms with Gasteiger partial charge in [-0.05, 0) is 38.6 Å². The first-order valence-corrected chi connectivity index (χ1v) is 6.57. The minimum atomic E-state index is -3.00. The highest BCUT2D eigenvalue weighted by molar-refractivity contribution is 7.90. The average Bonchev–Trinajstić information content (AvgIpc) is 2.18. The number of hydrogen-bond donors (Lipinski definition) is 1. The summed E-state index contributed by atoms with van der Waals surface area (Å²) < 4.78 is 25.3. The van der Waals surface area contributed by atoms with Crippen LogP contribution in [0.1, 0.15) is 39.0 Å². The molecule has 0 radical (unpaired) electrons. The lowest BCUT2D eigenvalue weighted by Crippen LogP contribution is -2.34. The van der Waals surface area contributed by atoms with Crippen LogP contribution in [-0.2, 0) is 10.0 Å². The van der Waals surface area contributed by atoms with E-state index in [2.05, 4.69) is 11.6 Å². The standard InChI is InChI=1S/C9H19NO2S/c1-3-8-4-6-9(7-5-8)13(11,12)10-2/h8-10H,3-7H2,1-2H3. The van der Waals surface area contributed by atoms with Gasteiger partial charge in [-0.1, -0.05) is 13.3 Å². The van der Waals surface area contributed by atoms with E-state index in [-0.39, 0.29) is 5.25 Å². The molecule has 0 saturated heterocycles. The summed E-state index contributed by atoms with van der Waals surface area (Å²) in [5.74, 6) is 0.753. The molecule has 0 bridgehead atoms. The highest BCUT2D eigenvalue weighted by Gasteiger charge is 2.28. The Hall–Kier alpha value is -0.0900. The summed E-state index contributed by atoms with van der Waals surface area (Å²) in [6.07, 6.45) is 5.00. The SMILES string of the molecule is CCC1CCC(S(=O)(=O)NC)CC1. The predicted octanol–water partition coefficient (Wildman–Crippen LogP) is 1.50. The molecule has 1 saturated carbocycles. The zero-order chi connectivity index (χ0) is 9.90. The molecule has 1 aliphatic carbocycles. The molecule has 0 aromatic heterocycles. The highest BCUT2D eigenvalue weighted by atomic mass is 32.2. The summed E-state index contributed by atoms with van der Waals surface area (Å²) in [6, 6.07) is 0. The number of sulfonamides is 1. The van der Waals surface area contributed by atoms with Gasteiger partial charge in [-0.25, -0.2) is 13.1 Å². The number of nitrogens with one attached hydrogen (secondary N) is 1. The average molecular weight is 205 g/mol. The van der Waals surface area contributed by atoms with Gasteiger partial charge in [-0.3, -0.25) is 0 Å². The number of rotatable bonds is 3. The summed E-state index contributed by atoms with van der Waals surface area (Å²) in [7, 11) is -1.50. The molecule has 0 heterocycles. The zero-order valence-electron chi connectivity index (χ0n) is 8.41. The molecule has 0 aliphatic heterocycles. The molecule has 0 aromatic rings. The topological polar surface area (TPSA) is 46.2 Å². The summed E-state index contributed by atoms with van der Waals surface area (Å²) in [5, 5.41) is -0.139. The van der Waals surface area contributed by atoms with E-state index >= 15 is 0 Å². The monoisotopic (exact) mass is 205 g/mol. The summed E-state index contributed by atoms with van der Waals surface area (Å²) in [5.41, 5.74) is 0. The van der Waals surface area contributed by atoms with Crippen molar-refractivity contribution in [2.75, 3.05) is 7.05 Å². The fraction of sp³-hybridized carbons (Fsp3) is 1.00. The van der Waals surface area contributed by atoms with Crippen molar-refractivity contribution in [3.8, 4) is 0 Å². The summed E-state index contributed by atoms with van der Waals surface area (Å²) in [6.45, 7) is 2.18. The van der Waals surface area contributed by atoms with Crippen LogP contribution in [0.5, 0.6) is 0 Å². The van der Waals surface area contributed by atoms with E-state index < -0.39 is 10.0 Å². The van der Waals surface area contributed by atoms with Gasteiger partial charge in [0, 0.05) is 0 Å². The van der Waals surface area contributed by atoms with Crippen LogP contribution in [0.4, 0.5) is 0 Å². The predicted molar refractivity (Wildman–Crippen MR) is 54.0 cm³/mol. The molecule has 0 aromatic carbocycles. The van der Waals surface area contributed by atoms with Crippen LogP contribution in [0.15, 0.2) is 0 Å². The van der Waals surface area contributed by atoms with Crippen molar-refractivity contribution >= 4 is 10.0 Å². The Morgan fingerprint density at radius 2 is 1.77 bits per heavy atom. The lowest BCUT2D eigenvalue weighted by Gasteiger charge is -2.26. The van der Waals surface area contributed by atoms with Gasteiger partial charge in [0.25, 0.3) is 0 Å². The van der Waals surface area contributed by atoms with E-state index in [4.69, 9.17) is 0 Å². The first-order chi connectivity index (χ1) is 6.10. The maximum atomic E-state index is 11.4. The molecule has 3 nitrogen and oxygen atoms in total. The molecule has 0 spiro atoms. The van der Waals surface area contributed by atoms with Crippen molar-refractivity contribution in [3.63, 3.8) is 0 Å². The van der Waals surface area contributed by atoms with Crippen LogP contribution in [-0.4, -0.2) is 20.7 Å². The quantitative estimate of drug-likeness (QED) is 0.759. The Kier molecular flexibility index (Phi) is 3.74. The molecule has 0 unspecified atom stereocenters. The van der Waals surface area contributed by atoms with E-state index in [1.54, 1.807) is 0 Å². The lowest BCUT2D eigenvalue weighted by molar-refractivity contribution is 0.347. The molecule has 0 atom stereocenters. The molecular weight excluding hydrogens is 186 g/mol. The number of hydrogen-bond acceptors (Lipinski definition) is 2. The third-order valence-corrected chi connectivity index (χ3v) is 5.01. The Labute approximate surface area is 81.0 Å². The second-order valence-electron chi connectivity index (χ2n) is 3.80. The Bertz CT molecular complexity index is 240. The first-order valence-electron chi connectivity index (χ1n) is 5.02. The highest BCUT2D eigenvalue weighted by Crippen LogP contribution is 2.29. The van der Waals surface area contributed by atoms with Crippen LogP contribution >= 0.6 is 0 Å². The molecular formula is C9H19NO2S. The van der Waals surface area contributed by atoms with Crippen LogP contribution in [0, 0.1) is 5.92 Å². The minimum absolute atomic E-state index is 0.139. The molecule has 1 fully saturated rings. The second-order valence-corrected chi connectivity index (χ2v) is 5.97. The molecule has 1 aliphatic rings. The van der Waals surface area contributed by atoms with Crippen molar-refractivity contribution in [3.05, 3.63) is 0 Å². The minimum Gasteiger partial charge on any atom is -0.218 e. The van der Waals surface area contributed by atoms with Gasteiger partial charge >= 0.3 is 0 Å². The van der Waals surface area contributed by atoms with Crippen molar-refractivity contribution < 1.29 is 8.42 Å². The van der Waals surface area contributed by atoms with Crippen LogP contribution in [0.25, 0.3) is 0 Å². The van der Waals surface area contributed by atoms with Gasteiger partial charge in [-0.15, -0.1) is 0 Å². The molecule has 0 amide bonds. The van der Waals surface area contributed by atoms with E-state index in [1.165, 1.54) is 13.5 Å². The largest absolute Gasteiger partial charge is 0.218 e. The Morgan fingerprint density at radius 1 is 1.23 bits per heavy atom. The van der Waals surface area contributed by atoms with Crippen molar-refractivity contribution in [2.24, 2.45) is 5.92 Å². The molecule has 1 N–H and O–H groups in total. The fourth-order valence-corrected chi connectivity index (χ4v) is 3.24. The lowest BCUT2D eigenvalue weighted by atomic mass is 9.87. The summed E-state index contributed by atoms with van der Waals surface area (Å²) >= 11 is 0. The van der Waals surface area contributed by atoms with Crippen molar-refractivity contribution in [1.29, 1.82) is 0 Å².